The molecule has 1 aliphatic rings. The third kappa shape index (κ3) is 2.13. The van der Waals surface area contributed by atoms with Gasteiger partial charge in [-0.3, -0.25) is 5.43 Å². The largest absolute Gasteiger partial charge is 0.504 e. The number of benzene rings is 1. The third-order valence-electron chi connectivity index (χ3n) is 3.76. The van der Waals surface area contributed by atoms with Gasteiger partial charge in [0.1, 0.15) is 5.75 Å². The number of phenols is 1. The number of hydrogen-bond donors (Lipinski definition) is 3. The summed E-state index contributed by atoms with van der Waals surface area (Å²) >= 11 is 0. The van der Waals surface area contributed by atoms with Crippen molar-refractivity contribution in [3.8, 4) is 17.2 Å². The minimum Gasteiger partial charge on any atom is -0.504 e. The molecular weight excluding hydrogens is 333 g/mol. The number of nitrogens with zero attached hydrogens (tertiary/aromatic N) is 1. The summed E-state index contributed by atoms with van der Waals surface area (Å²) in [5.41, 5.74) is -1.73. The highest BCUT2D eigenvalue weighted by Gasteiger charge is 2.57. The maximum atomic E-state index is 12.9. The Morgan fingerprint density at radius 2 is 1.96 bits per heavy atom. The summed E-state index contributed by atoms with van der Waals surface area (Å²) in [6.07, 6.45) is -4.54. The SMILES string of the molecule is COc1c(C2=NNC(O)(C(F)(F)F)C2)c(O)c(OC)c2occc12. The molecule has 0 amide bonds. The van der Waals surface area contributed by atoms with Gasteiger partial charge in [-0.1, -0.05) is 0 Å². The van der Waals surface area contributed by atoms with Crippen molar-refractivity contribution in [1.29, 1.82) is 0 Å². The van der Waals surface area contributed by atoms with Gasteiger partial charge in [0.15, 0.2) is 11.3 Å². The van der Waals surface area contributed by atoms with Crippen LogP contribution in [0.25, 0.3) is 11.0 Å². The number of hydrogen-bond acceptors (Lipinski definition) is 7. The molecule has 3 N–H and O–H groups in total. The zero-order valence-corrected chi connectivity index (χ0v) is 12.6. The highest BCUT2D eigenvalue weighted by molar-refractivity contribution is 6.12. The van der Waals surface area contributed by atoms with E-state index < -0.39 is 24.1 Å². The van der Waals surface area contributed by atoms with E-state index in [1.165, 1.54) is 26.5 Å². The summed E-state index contributed by atoms with van der Waals surface area (Å²) in [6.45, 7) is 0. The fraction of sp³-hybridized carbons (Fsp3) is 0.357. The summed E-state index contributed by atoms with van der Waals surface area (Å²) in [5.74, 6) is -0.510. The van der Waals surface area contributed by atoms with Crippen molar-refractivity contribution < 1.29 is 37.3 Å². The molecule has 0 aliphatic carbocycles. The van der Waals surface area contributed by atoms with Gasteiger partial charge in [0.2, 0.25) is 5.75 Å². The van der Waals surface area contributed by atoms with Crippen molar-refractivity contribution in [3.05, 3.63) is 17.9 Å². The van der Waals surface area contributed by atoms with Crippen LogP contribution in [-0.4, -0.2) is 42.0 Å². The minimum absolute atomic E-state index is 0.0593. The van der Waals surface area contributed by atoms with Gasteiger partial charge in [-0.05, 0) is 6.07 Å². The summed E-state index contributed by atoms with van der Waals surface area (Å²) in [7, 11) is 2.56. The normalized spacial score (nSPS) is 20.8. The number of furan rings is 1. The zero-order valence-electron chi connectivity index (χ0n) is 12.6. The van der Waals surface area contributed by atoms with Crippen molar-refractivity contribution in [1.82, 2.24) is 5.43 Å². The van der Waals surface area contributed by atoms with Crippen molar-refractivity contribution >= 4 is 16.7 Å². The molecule has 0 saturated carbocycles. The first-order chi connectivity index (χ1) is 11.2. The molecule has 2 aromatic rings. The molecule has 0 bridgehead atoms. The van der Waals surface area contributed by atoms with Crippen LogP contribution in [0.1, 0.15) is 12.0 Å². The Kier molecular flexibility index (Phi) is 3.52. The van der Waals surface area contributed by atoms with Crippen molar-refractivity contribution in [2.75, 3.05) is 14.2 Å². The Morgan fingerprint density at radius 1 is 1.29 bits per heavy atom. The highest BCUT2D eigenvalue weighted by Crippen LogP contribution is 2.47. The molecule has 1 aliphatic heterocycles. The summed E-state index contributed by atoms with van der Waals surface area (Å²) in [6, 6.07) is 1.51. The maximum Gasteiger partial charge on any atom is 0.438 e. The topological polar surface area (TPSA) is 96.5 Å². The first kappa shape index (κ1) is 16.2. The number of methoxy groups -OCH3 is 2. The van der Waals surface area contributed by atoms with Gasteiger partial charge in [-0.2, -0.15) is 18.3 Å². The molecule has 1 aromatic carbocycles. The number of alkyl halides is 3. The molecule has 1 unspecified atom stereocenters. The smallest absolute Gasteiger partial charge is 0.438 e. The first-order valence-corrected chi connectivity index (χ1v) is 6.71. The fourth-order valence-corrected chi connectivity index (χ4v) is 2.59. The lowest BCUT2D eigenvalue weighted by Gasteiger charge is -2.24. The predicted octanol–water partition coefficient (Wildman–Crippen LogP) is 2.10. The summed E-state index contributed by atoms with van der Waals surface area (Å²) in [5, 5.41) is 24.0. The molecule has 24 heavy (non-hydrogen) atoms. The van der Waals surface area contributed by atoms with E-state index in [0.717, 1.165) is 0 Å². The summed E-state index contributed by atoms with van der Waals surface area (Å²) in [4.78, 5) is 0. The number of nitrogens with one attached hydrogen (secondary N) is 1. The van der Waals surface area contributed by atoms with Gasteiger partial charge < -0.3 is 24.1 Å². The second-order valence-corrected chi connectivity index (χ2v) is 5.16. The molecule has 7 nitrogen and oxygen atoms in total. The van der Waals surface area contributed by atoms with Crippen molar-refractivity contribution in [2.45, 2.75) is 18.3 Å². The molecule has 0 fully saturated rings. The van der Waals surface area contributed by atoms with Gasteiger partial charge >= 0.3 is 6.18 Å². The molecule has 0 radical (unpaired) electrons. The van der Waals surface area contributed by atoms with Crippen LogP contribution in [0, 0.1) is 0 Å². The number of phenolic OH excluding ortho intramolecular Hbond substituents is 1. The standard InChI is InChI=1S/C14H13F3N2O5/c1-22-10-6-3-4-24-11(6)12(23-2)9(20)8(10)7-5-13(21,19-18-7)14(15,16)17/h3-4,19-21H,5H2,1-2H3. The van der Waals surface area contributed by atoms with Crippen LogP contribution in [0.4, 0.5) is 13.2 Å². The first-order valence-electron chi connectivity index (χ1n) is 6.71. The lowest BCUT2D eigenvalue weighted by molar-refractivity contribution is -0.266. The van der Waals surface area contributed by atoms with E-state index in [9.17, 15) is 23.4 Å². The van der Waals surface area contributed by atoms with Crippen LogP contribution in [0.5, 0.6) is 17.2 Å². The van der Waals surface area contributed by atoms with E-state index in [2.05, 4.69) is 5.10 Å². The monoisotopic (exact) mass is 346 g/mol. The third-order valence-corrected chi connectivity index (χ3v) is 3.76. The second-order valence-electron chi connectivity index (χ2n) is 5.16. The lowest BCUT2D eigenvalue weighted by Crippen LogP contribution is -2.52. The Morgan fingerprint density at radius 3 is 2.50 bits per heavy atom. The second kappa shape index (κ2) is 5.20. The lowest BCUT2D eigenvalue weighted by atomic mass is 9.98. The number of fused-ring (bicyclic) bond motifs is 1. The van der Waals surface area contributed by atoms with Crippen LogP contribution >= 0.6 is 0 Å². The maximum absolute atomic E-state index is 12.9. The van der Waals surface area contributed by atoms with Gasteiger partial charge in [-0.25, -0.2) is 0 Å². The molecule has 130 valence electrons. The molecule has 3 rings (SSSR count). The molecule has 0 spiro atoms. The van der Waals surface area contributed by atoms with Crippen LogP contribution in [0.2, 0.25) is 0 Å². The average Bonchev–Trinajstić information content (AvgIpc) is 3.13. The van der Waals surface area contributed by atoms with Crippen LogP contribution in [0.3, 0.4) is 0 Å². The predicted molar refractivity (Wildman–Crippen MR) is 76.3 cm³/mol. The Balaban J connectivity index is 2.19. The van der Waals surface area contributed by atoms with Crippen LogP contribution < -0.4 is 14.9 Å². The van der Waals surface area contributed by atoms with Gasteiger partial charge in [0.05, 0.1) is 43.6 Å². The van der Waals surface area contributed by atoms with Crippen molar-refractivity contribution in [2.24, 2.45) is 5.10 Å². The van der Waals surface area contributed by atoms with E-state index in [0.29, 0.717) is 5.39 Å². The van der Waals surface area contributed by atoms with Gasteiger partial charge in [-0.15, -0.1) is 0 Å². The number of rotatable bonds is 3. The molecule has 1 atom stereocenters. The Bertz CT molecular complexity index is 830. The Hall–Kier alpha value is -2.62. The number of aromatic hydroxyl groups is 1. The van der Waals surface area contributed by atoms with E-state index in [1.807, 2.05) is 0 Å². The van der Waals surface area contributed by atoms with E-state index in [4.69, 9.17) is 13.9 Å². The number of ether oxygens (including phenoxy) is 2. The van der Waals surface area contributed by atoms with Crippen molar-refractivity contribution in [3.63, 3.8) is 0 Å². The van der Waals surface area contributed by atoms with Gasteiger partial charge in [0, 0.05) is 0 Å². The number of aliphatic hydroxyl groups is 1. The number of halogens is 3. The van der Waals surface area contributed by atoms with Gasteiger partial charge in [0.25, 0.3) is 5.72 Å². The zero-order chi connectivity index (χ0) is 17.7. The fourth-order valence-electron chi connectivity index (χ4n) is 2.59. The molecule has 0 saturated heterocycles. The Labute approximate surface area is 133 Å². The van der Waals surface area contributed by atoms with E-state index in [-0.39, 0.29) is 28.4 Å². The van der Waals surface area contributed by atoms with Crippen LogP contribution in [-0.2, 0) is 0 Å². The minimum atomic E-state index is -4.95. The molecule has 10 heteroatoms. The summed E-state index contributed by atoms with van der Waals surface area (Å²) < 4.78 is 54.4. The van der Waals surface area contributed by atoms with E-state index in [1.54, 1.807) is 5.43 Å². The average molecular weight is 346 g/mol. The van der Waals surface area contributed by atoms with E-state index >= 15 is 0 Å². The molecular formula is C14H13F3N2O5. The quantitative estimate of drug-likeness (QED) is 0.788. The van der Waals surface area contributed by atoms with Crippen LogP contribution in [0.15, 0.2) is 21.8 Å². The molecule has 2 heterocycles. The molecule has 1 aromatic heterocycles. The number of hydrazone groups is 1. The highest BCUT2D eigenvalue weighted by atomic mass is 19.4.